The Labute approximate surface area is 215 Å². The van der Waals surface area contributed by atoms with Crippen molar-refractivity contribution >= 4 is 35.5 Å². The Morgan fingerprint density at radius 3 is 1.76 bits per heavy atom. The number of aliphatic carboxylic acids is 1. The number of rotatable bonds is 16. The van der Waals surface area contributed by atoms with Crippen LogP contribution in [-0.4, -0.2) is 84.7 Å². The zero-order chi connectivity index (χ0) is 28.2. The van der Waals surface area contributed by atoms with E-state index < -0.39 is 66.1 Å². The highest BCUT2D eigenvalue weighted by atomic mass is 16.4. The van der Waals surface area contributed by atoms with Crippen molar-refractivity contribution in [3.8, 4) is 0 Å². The van der Waals surface area contributed by atoms with Crippen LogP contribution < -0.4 is 33.2 Å². The highest BCUT2D eigenvalue weighted by Gasteiger charge is 2.31. The van der Waals surface area contributed by atoms with E-state index in [9.17, 15) is 33.9 Å². The topological polar surface area (TPSA) is 294 Å². The molecule has 0 bridgehead atoms. The number of aromatic nitrogens is 4. The Morgan fingerprint density at radius 1 is 0.789 bits per heavy atom. The number of primary amides is 2. The summed E-state index contributed by atoms with van der Waals surface area (Å²) in [6, 6.07) is -5.44. The van der Waals surface area contributed by atoms with Crippen molar-refractivity contribution in [1.29, 1.82) is 0 Å². The molecule has 0 aliphatic carbocycles. The number of carbonyl (C=O) groups excluding carboxylic acids is 5. The molecule has 0 aromatic carbocycles. The van der Waals surface area contributed by atoms with Crippen LogP contribution in [0.2, 0.25) is 0 Å². The molecule has 0 saturated heterocycles. The molecule has 4 unspecified atom stereocenters. The zero-order valence-corrected chi connectivity index (χ0v) is 20.2. The SMILES string of the molecule is NC(=O)CCC(N)C(=O)NC(CC(N)=O)C(=O)NC(Cc1cnc[nH]1)C(=O)NC(Cc1cnc[nH]1)C(=O)O. The number of aromatic amines is 2. The summed E-state index contributed by atoms with van der Waals surface area (Å²) >= 11 is 0. The van der Waals surface area contributed by atoms with Crippen LogP contribution in [0.1, 0.15) is 30.7 Å². The third-order valence-corrected chi connectivity index (χ3v) is 5.28. The fourth-order valence-corrected chi connectivity index (χ4v) is 3.30. The molecule has 0 aliphatic rings. The number of carboxylic acids is 1. The zero-order valence-electron chi connectivity index (χ0n) is 20.2. The van der Waals surface area contributed by atoms with Gasteiger partial charge in [0.15, 0.2) is 0 Å². The molecule has 4 atom stereocenters. The highest BCUT2D eigenvalue weighted by molar-refractivity contribution is 5.96. The standard InChI is InChI=1S/C21H30N10O7/c22-12(1-2-16(23)32)18(34)29-14(5-17(24)33)20(36)30-13(3-10-6-25-8-27-10)19(35)31-15(21(37)38)4-11-7-26-9-28-11/h6-9,12-15H,1-5,22H2,(H2,23,32)(H2,24,33)(H,25,27)(H,26,28)(H,29,34)(H,30,36)(H,31,35)(H,37,38). The van der Waals surface area contributed by atoms with Crippen LogP contribution in [0, 0.1) is 0 Å². The molecule has 17 nitrogen and oxygen atoms in total. The number of hydrogen-bond donors (Lipinski definition) is 9. The van der Waals surface area contributed by atoms with Gasteiger partial charge >= 0.3 is 5.97 Å². The van der Waals surface area contributed by atoms with Crippen LogP contribution in [0.3, 0.4) is 0 Å². The van der Waals surface area contributed by atoms with Gasteiger partial charge in [-0.25, -0.2) is 14.8 Å². The van der Waals surface area contributed by atoms with Gasteiger partial charge in [-0.15, -0.1) is 0 Å². The maximum absolute atomic E-state index is 13.1. The Morgan fingerprint density at radius 2 is 1.29 bits per heavy atom. The Hall–Kier alpha value is -4.80. The minimum absolute atomic E-state index is 0.107. The molecule has 2 rings (SSSR count). The van der Waals surface area contributed by atoms with E-state index in [0.29, 0.717) is 11.4 Å². The van der Waals surface area contributed by atoms with Gasteiger partial charge in [-0.1, -0.05) is 0 Å². The molecular weight excluding hydrogens is 504 g/mol. The first-order valence-corrected chi connectivity index (χ1v) is 11.4. The van der Waals surface area contributed by atoms with Crippen LogP contribution in [0.25, 0.3) is 0 Å². The van der Waals surface area contributed by atoms with Crippen molar-refractivity contribution in [3.05, 3.63) is 36.4 Å². The molecule has 206 valence electrons. The number of nitrogens with zero attached hydrogens (tertiary/aromatic N) is 2. The Bertz CT molecular complexity index is 1120. The van der Waals surface area contributed by atoms with E-state index in [1.54, 1.807) is 0 Å². The van der Waals surface area contributed by atoms with Crippen molar-refractivity contribution in [2.45, 2.75) is 56.3 Å². The summed E-state index contributed by atoms with van der Waals surface area (Å²) in [4.78, 5) is 85.9. The van der Waals surface area contributed by atoms with Gasteiger partial charge in [-0.2, -0.15) is 0 Å². The van der Waals surface area contributed by atoms with E-state index in [1.165, 1.54) is 25.0 Å². The molecule has 0 radical (unpaired) electrons. The number of H-pyrrole nitrogens is 2. The summed E-state index contributed by atoms with van der Waals surface area (Å²) in [5.41, 5.74) is 16.9. The maximum atomic E-state index is 13.1. The first-order chi connectivity index (χ1) is 18.0. The van der Waals surface area contributed by atoms with Crippen molar-refractivity contribution < 1.29 is 33.9 Å². The number of hydrogen-bond acceptors (Lipinski definition) is 9. The van der Waals surface area contributed by atoms with Crippen LogP contribution >= 0.6 is 0 Å². The van der Waals surface area contributed by atoms with Crippen molar-refractivity contribution in [1.82, 2.24) is 35.9 Å². The summed E-state index contributed by atoms with van der Waals surface area (Å²) in [5.74, 6) is -5.62. The van der Waals surface area contributed by atoms with Crippen molar-refractivity contribution in [2.75, 3.05) is 0 Å². The molecule has 38 heavy (non-hydrogen) atoms. The molecule has 0 saturated carbocycles. The van der Waals surface area contributed by atoms with Gasteiger partial charge in [0.05, 0.1) is 25.1 Å². The second-order valence-electron chi connectivity index (χ2n) is 8.37. The number of nitrogens with two attached hydrogens (primary N) is 3. The first kappa shape index (κ1) is 29.4. The fourth-order valence-electron chi connectivity index (χ4n) is 3.30. The van der Waals surface area contributed by atoms with Crippen LogP contribution in [-0.2, 0) is 41.6 Å². The van der Waals surface area contributed by atoms with Crippen LogP contribution in [0.15, 0.2) is 25.0 Å². The number of carboxylic acid groups (broad SMARTS) is 1. The summed E-state index contributed by atoms with van der Waals surface area (Å²) in [7, 11) is 0. The second kappa shape index (κ2) is 14.1. The summed E-state index contributed by atoms with van der Waals surface area (Å²) < 4.78 is 0. The van der Waals surface area contributed by atoms with Crippen molar-refractivity contribution in [3.63, 3.8) is 0 Å². The largest absolute Gasteiger partial charge is 0.480 e. The third kappa shape index (κ3) is 9.69. The average molecular weight is 535 g/mol. The first-order valence-electron chi connectivity index (χ1n) is 11.4. The van der Waals surface area contributed by atoms with Crippen LogP contribution in [0.4, 0.5) is 0 Å². The molecule has 2 aromatic heterocycles. The lowest BCUT2D eigenvalue weighted by Gasteiger charge is -2.24. The quantitative estimate of drug-likeness (QED) is 0.100. The lowest BCUT2D eigenvalue weighted by atomic mass is 10.1. The molecule has 2 heterocycles. The fraction of sp³-hybridized carbons (Fsp3) is 0.429. The monoisotopic (exact) mass is 534 g/mol. The lowest BCUT2D eigenvalue weighted by molar-refractivity contribution is -0.142. The second-order valence-corrected chi connectivity index (χ2v) is 8.37. The van der Waals surface area contributed by atoms with Gasteiger partial charge in [0, 0.05) is 43.0 Å². The van der Waals surface area contributed by atoms with E-state index in [4.69, 9.17) is 17.2 Å². The predicted molar refractivity (Wildman–Crippen MR) is 128 cm³/mol. The number of nitrogens with one attached hydrogen (secondary N) is 5. The molecule has 0 fully saturated rings. The lowest BCUT2D eigenvalue weighted by Crippen LogP contribution is -2.58. The predicted octanol–water partition coefficient (Wildman–Crippen LogP) is -4.07. The maximum Gasteiger partial charge on any atom is 0.326 e. The normalized spacial score (nSPS) is 13.9. The summed E-state index contributed by atoms with van der Waals surface area (Å²) in [5, 5.41) is 16.6. The van der Waals surface area contributed by atoms with Gasteiger partial charge in [0.1, 0.15) is 18.1 Å². The smallest absolute Gasteiger partial charge is 0.326 e. The molecule has 0 aliphatic heterocycles. The molecule has 12 N–H and O–H groups in total. The molecule has 2 aromatic rings. The minimum Gasteiger partial charge on any atom is -0.480 e. The van der Waals surface area contributed by atoms with E-state index in [0.717, 1.165) is 0 Å². The highest BCUT2D eigenvalue weighted by Crippen LogP contribution is 2.05. The number of amides is 5. The number of imidazole rings is 2. The minimum atomic E-state index is -1.52. The van der Waals surface area contributed by atoms with Gasteiger partial charge in [-0.05, 0) is 6.42 Å². The summed E-state index contributed by atoms with van der Waals surface area (Å²) in [6.07, 6.45) is 4.32. The van der Waals surface area contributed by atoms with Gasteiger partial charge < -0.3 is 48.2 Å². The average Bonchev–Trinajstić information content (AvgIpc) is 3.55. The van der Waals surface area contributed by atoms with Crippen LogP contribution in [0.5, 0.6) is 0 Å². The molecular formula is C21H30N10O7. The number of carbonyl (C=O) groups is 6. The Balaban J connectivity index is 2.18. The van der Waals surface area contributed by atoms with E-state index in [1.807, 2.05) is 0 Å². The molecule has 17 heteroatoms. The van der Waals surface area contributed by atoms with Gasteiger partial charge in [0.25, 0.3) is 0 Å². The third-order valence-electron chi connectivity index (χ3n) is 5.28. The molecule has 0 spiro atoms. The molecule has 5 amide bonds. The van der Waals surface area contributed by atoms with Gasteiger partial charge in [-0.3, -0.25) is 24.0 Å². The van der Waals surface area contributed by atoms with E-state index in [2.05, 4.69) is 35.9 Å². The van der Waals surface area contributed by atoms with E-state index >= 15 is 0 Å². The summed E-state index contributed by atoms with van der Waals surface area (Å²) in [6.45, 7) is 0. The van der Waals surface area contributed by atoms with E-state index in [-0.39, 0.29) is 25.7 Å². The Kier molecular flexibility index (Phi) is 10.9. The van der Waals surface area contributed by atoms with Crippen molar-refractivity contribution in [2.24, 2.45) is 17.2 Å². The van der Waals surface area contributed by atoms with Gasteiger partial charge in [0.2, 0.25) is 29.5 Å².